The topological polar surface area (TPSA) is 86.6 Å². The first kappa shape index (κ1) is 11.0. The van der Waals surface area contributed by atoms with E-state index >= 15 is 0 Å². The Morgan fingerprint density at radius 1 is 1.29 bits per heavy atom. The van der Waals surface area contributed by atoms with Crippen LogP contribution in [0.4, 0.5) is 5.69 Å². The number of benzene rings is 1. The van der Waals surface area contributed by atoms with Crippen molar-refractivity contribution in [2.24, 2.45) is 0 Å². The molecule has 14 heavy (non-hydrogen) atoms. The van der Waals surface area contributed by atoms with Gasteiger partial charge in [0.05, 0.1) is 11.9 Å². The van der Waals surface area contributed by atoms with Crippen molar-refractivity contribution in [2.75, 3.05) is 11.0 Å². The molecule has 0 fully saturated rings. The molecule has 0 unspecified atom stereocenters. The number of hydrogen-bond donors (Lipinski definition) is 3. The van der Waals surface area contributed by atoms with Crippen LogP contribution >= 0.6 is 0 Å². The molecule has 0 atom stereocenters. The second-order valence-electron chi connectivity index (χ2n) is 2.84. The maximum Gasteiger partial charge on any atom is 0.229 e. The molecular weight excluding hydrogens is 206 g/mol. The first-order chi connectivity index (χ1) is 6.40. The molecule has 0 saturated heterocycles. The SMILES string of the molecule is CS(=O)(=O)Nc1ccccc1C(O)O. The van der Waals surface area contributed by atoms with E-state index in [1.165, 1.54) is 12.1 Å². The van der Waals surface area contributed by atoms with Crippen molar-refractivity contribution in [1.29, 1.82) is 0 Å². The van der Waals surface area contributed by atoms with E-state index in [4.69, 9.17) is 10.2 Å². The quantitative estimate of drug-likeness (QED) is 0.624. The number of para-hydroxylation sites is 1. The molecular formula is C8H11NO4S. The number of rotatable bonds is 3. The normalized spacial score (nSPS) is 11.7. The highest BCUT2D eigenvalue weighted by molar-refractivity contribution is 7.92. The van der Waals surface area contributed by atoms with Crippen LogP contribution in [-0.2, 0) is 10.0 Å². The largest absolute Gasteiger partial charge is 0.364 e. The molecule has 0 saturated carbocycles. The third-order valence-electron chi connectivity index (χ3n) is 1.53. The van der Waals surface area contributed by atoms with Gasteiger partial charge in [0.15, 0.2) is 6.29 Å². The fourth-order valence-electron chi connectivity index (χ4n) is 1.01. The molecule has 0 spiro atoms. The number of nitrogens with one attached hydrogen (secondary N) is 1. The summed E-state index contributed by atoms with van der Waals surface area (Å²) in [5.41, 5.74) is 0.294. The third-order valence-corrected chi connectivity index (χ3v) is 2.13. The molecule has 0 aromatic heterocycles. The zero-order chi connectivity index (χ0) is 10.8. The van der Waals surface area contributed by atoms with Gasteiger partial charge in [0.25, 0.3) is 0 Å². The highest BCUT2D eigenvalue weighted by Crippen LogP contribution is 2.21. The van der Waals surface area contributed by atoms with Crippen LogP contribution in [0.5, 0.6) is 0 Å². The van der Waals surface area contributed by atoms with Gasteiger partial charge < -0.3 is 10.2 Å². The fourth-order valence-corrected chi connectivity index (χ4v) is 1.60. The minimum Gasteiger partial charge on any atom is -0.364 e. The van der Waals surface area contributed by atoms with Crippen LogP contribution in [0.25, 0.3) is 0 Å². The van der Waals surface area contributed by atoms with Crippen LogP contribution in [0, 0.1) is 0 Å². The minimum atomic E-state index is -3.41. The van der Waals surface area contributed by atoms with Gasteiger partial charge in [-0.3, -0.25) is 4.72 Å². The number of sulfonamides is 1. The van der Waals surface area contributed by atoms with Gasteiger partial charge in [-0.2, -0.15) is 0 Å². The summed E-state index contributed by atoms with van der Waals surface area (Å²) >= 11 is 0. The maximum atomic E-state index is 10.9. The summed E-state index contributed by atoms with van der Waals surface area (Å²) in [7, 11) is -3.41. The van der Waals surface area contributed by atoms with Gasteiger partial charge in [0.2, 0.25) is 10.0 Å². The molecule has 78 valence electrons. The second kappa shape index (κ2) is 3.95. The summed E-state index contributed by atoms with van der Waals surface area (Å²) in [6.07, 6.45) is -0.700. The van der Waals surface area contributed by atoms with Gasteiger partial charge in [-0.05, 0) is 6.07 Å². The summed E-state index contributed by atoms with van der Waals surface area (Å²) in [6, 6.07) is 6.07. The Balaban J connectivity index is 3.08. The summed E-state index contributed by atoms with van der Waals surface area (Å²) < 4.78 is 24.0. The van der Waals surface area contributed by atoms with Crippen molar-refractivity contribution < 1.29 is 18.6 Å². The van der Waals surface area contributed by atoms with E-state index in [0.717, 1.165) is 6.26 Å². The maximum absolute atomic E-state index is 10.9. The van der Waals surface area contributed by atoms with E-state index in [2.05, 4.69) is 4.72 Å². The molecule has 6 heteroatoms. The monoisotopic (exact) mass is 217 g/mol. The molecule has 3 N–H and O–H groups in total. The van der Waals surface area contributed by atoms with E-state index in [0.29, 0.717) is 0 Å². The second-order valence-corrected chi connectivity index (χ2v) is 4.58. The summed E-state index contributed by atoms with van der Waals surface area (Å²) in [6.45, 7) is 0. The van der Waals surface area contributed by atoms with Crippen LogP contribution in [0.3, 0.4) is 0 Å². The Kier molecular flexibility index (Phi) is 3.10. The van der Waals surface area contributed by atoms with E-state index in [-0.39, 0.29) is 11.3 Å². The average molecular weight is 217 g/mol. The molecule has 1 aromatic carbocycles. The molecule has 5 nitrogen and oxygen atoms in total. The van der Waals surface area contributed by atoms with Gasteiger partial charge in [0.1, 0.15) is 0 Å². The zero-order valence-electron chi connectivity index (χ0n) is 7.51. The number of aliphatic hydroxyl groups excluding tert-OH is 1. The van der Waals surface area contributed by atoms with E-state index in [9.17, 15) is 8.42 Å². The lowest BCUT2D eigenvalue weighted by molar-refractivity contribution is -0.0418. The van der Waals surface area contributed by atoms with Crippen molar-refractivity contribution in [1.82, 2.24) is 0 Å². The average Bonchev–Trinajstić information content (AvgIpc) is 2.01. The van der Waals surface area contributed by atoms with Crippen molar-refractivity contribution in [2.45, 2.75) is 6.29 Å². The van der Waals surface area contributed by atoms with Crippen molar-refractivity contribution in [3.8, 4) is 0 Å². The van der Waals surface area contributed by atoms with Gasteiger partial charge in [-0.15, -0.1) is 0 Å². The molecule has 0 heterocycles. The van der Waals surface area contributed by atoms with Crippen molar-refractivity contribution >= 4 is 15.7 Å². The standard InChI is InChI=1S/C8H11NO4S/c1-14(12,13)9-7-5-3-2-4-6(7)8(10)11/h2-5,8-11H,1H3. The number of aliphatic hydroxyl groups is 2. The number of hydrogen-bond acceptors (Lipinski definition) is 4. The smallest absolute Gasteiger partial charge is 0.229 e. The van der Waals surface area contributed by atoms with E-state index < -0.39 is 16.3 Å². The van der Waals surface area contributed by atoms with Crippen LogP contribution in [0.15, 0.2) is 24.3 Å². The molecule has 0 aliphatic heterocycles. The van der Waals surface area contributed by atoms with Crippen LogP contribution in [0.2, 0.25) is 0 Å². The van der Waals surface area contributed by atoms with E-state index in [1.54, 1.807) is 12.1 Å². The highest BCUT2D eigenvalue weighted by Gasteiger charge is 2.11. The molecule has 0 radical (unpaired) electrons. The lowest BCUT2D eigenvalue weighted by atomic mass is 10.2. The Morgan fingerprint density at radius 2 is 1.86 bits per heavy atom. The highest BCUT2D eigenvalue weighted by atomic mass is 32.2. The van der Waals surface area contributed by atoms with Gasteiger partial charge >= 0.3 is 0 Å². The van der Waals surface area contributed by atoms with Gasteiger partial charge in [0, 0.05) is 5.56 Å². The molecule has 1 rings (SSSR count). The Bertz CT molecular complexity index is 413. The molecule has 0 aliphatic rings. The summed E-state index contributed by atoms with van der Waals surface area (Å²) in [5.74, 6) is 0. The summed E-state index contributed by atoms with van der Waals surface area (Å²) in [5, 5.41) is 17.8. The predicted molar refractivity (Wildman–Crippen MR) is 52.1 cm³/mol. The third kappa shape index (κ3) is 2.99. The molecule has 0 aliphatic carbocycles. The zero-order valence-corrected chi connectivity index (χ0v) is 8.32. The van der Waals surface area contributed by atoms with Gasteiger partial charge in [-0.25, -0.2) is 8.42 Å². The minimum absolute atomic E-state index is 0.123. The van der Waals surface area contributed by atoms with Crippen LogP contribution < -0.4 is 4.72 Å². The van der Waals surface area contributed by atoms with Gasteiger partial charge in [-0.1, -0.05) is 18.2 Å². The lowest BCUT2D eigenvalue weighted by Gasteiger charge is -2.11. The number of anilines is 1. The van der Waals surface area contributed by atoms with Crippen molar-refractivity contribution in [3.05, 3.63) is 29.8 Å². The first-order valence-corrected chi connectivity index (χ1v) is 5.72. The van der Waals surface area contributed by atoms with E-state index in [1.807, 2.05) is 0 Å². The lowest BCUT2D eigenvalue weighted by Crippen LogP contribution is -2.12. The first-order valence-electron chi connectivity index (χ1n) is 3.83. The predicted octanol–water partition coefficient (Wildman–Crippen LogP) is 0.0413. The fraction of sp³-hybridized carbons (Fsp3) is 0.250. The Hall–Kier alpha value is -1.11. The van der Waals surface area contributed by atoms with Crippen LogP contribution in [0.1, 0.15) is 11.9 Å². The Labute approximate surface area is 82.1 Å². The molecule has 0 bridgehead atoms. The summed E-state index contributed by atoms with van der Waals surface area (Å²) in [4.78, 5) is 0. The van der Waals surface area contributed by atoms with Crippen molar-refractivity contribution in [3.63, 3.8) is 0 Å². The molecule has 1 aromatic rings. The molecule has 0 amide bonds. The van der Waals surface area contributed by atoms with Crippen LogP contribution in [-0.4, -0.2) is 24.9 Å². The Morgan fingerprint density at radius 3 is 2.36 bits per heavy atom.